The van der Waals surface area contributed by atoms with Gasteiger partial charge in [-0.05, 0) is 32.6 Å². The first-order valence-electron chi connectivity index (χ1n) is 8.37. The van der Waals surface area contributed by atoms with Crippen LogP contribution in [0, 0.1) is 5.92 Å². The molecule has 2 rings (SSSR count). The highest BCUT2D eigenvalue weighted by Gasteiger charge is 2.22. The summed E-state index contributed by atoms with van der Waals surface area (Å²) in [6.07, 6.45) is 7.16. The number of piperazine rings is 1. The number of nitrogens with zero attached hydrogens (tertiary/aromatic N) is 2. The van der Waals surface area contributed by atoms with Gasteiger partial charge in [-0.3, -0.25) is 9.69 Å². The summed E-state index contributed by atoms with van der Waals surface area (Å²) in [5.74, 6) is 1.10. The topological polar surface area (TPSA) is 35.6 Å². The molecule has 1 aliphatic heterocycles. The zero-order chi connectivity index (χ0) is 14.4. The van der Waals surface area contributed by atoms with E-state index in [1.54, 1.807) is 0 Å². The molecule has 1 heterocycles. The van der Waals surface area contributed by atoms with Crippen LogP contribution >= 0.6 is 0 Å². The molecule has 1 aliphatic carbocycles. The molecule has 0 spiro atoms. The van der Waals surface area contributed by atoms with Crippen LogP contribution < -0.4 is 5.32 Å². The Kier molecular flexibility index (Phi) is 6.30. The first kappa shape index (κ1) is 15.8. The van der Waals surface area contributed by atoms with E-state index in [0.717, 1.165) is 32.1 Å². The molecule has 4 heteroatoms. The minimum Gasteiger partial charge on any atom is -0.353 e. The highest BCUT2D eigenvalue weighted by Crippen LogP contribution is 2.24. The second-order valence-electron chi connectivity index (χ2n) is 6.80. The van der Waals surface area contributed by atoms with Crippen molar-refractivity contribution >= 4 is 5.91 Å². The fraction of sp³-hybridized carbons (Fsp3) is 0.938. The van der Waals surface area contributed by atoms with Gasteiger partial charge in [0, 0.05) is 38.8 Å². The fourth-order valence-corrected chi connectivity index (χ4v) is 3.44. The van der Waals surface area contributed by atoms with E-state index >= 15 is 0 Å². The summed E-state index contributed by atoms with van der Waals surface area (Å²) in [5, 5.41) is 2.97. The highest BCUT2D eigenvalue weighted by molar-refractivity contribution is 5.78. The van der Waals surface area contributed by atoms with Gasteiger partial charge in [-0.2, -0.15) is 0 Å². The Labute approximate surface area is 123 Å². The fourth-order valence-electron chi connectivity index (χ4n) is 3.44. The number of hydrogen-bond acceptors (Lipinski definition) is 3. The Morgan fingerprint density at radius 1 is 1.05 bits per heavy atom. The zero-order valence-electron chi connectivity index (χ0n) is 13.2. The van der Waals surface area contributed by atoms with E-state index in [1.807, 2.05) is 13.8 Å². The molecule has 20 heavy (non-hydrogen) atoms. The molecule has 0 unspecified atom stereocenters. The van der Waals surface area contributed by atoms with Crippen molar-refractivity contribution in [3.8, 4) is 0 Å². The molecular weight excluding hydrogens is 250 g/mol. The van der Waals surface area contributed by atoms with Gasteiger partial charge in [0.2, 0.25) is 5.91 Å². The predicted molar refractivity (Wildman–Crippen MR) is 82.7 cm³/mol. The summed E-state index contributed by atoms with van der Waals surface area (Å²) in [5.41, 5.74) is 0. The van der Waals surface area contributed by atoms with E-state index in [9.17, 15) is 4.79 Å². The molecule has 0 aromatic rings. The molecule has 1 saturated heterocycles. The lowest BCUT2D eigenvalue weighted by atomic mass is 9.89. The van der Waals surface area contributed by atoms with Crippen LogP contribution in [0.15, 0.2) is 0 Å². The maximum absolute atomic E-state index is 11.8. The molecule has 1 saturated carbocycles. The lowest BCUT2D eigenvalue weighted by Crippen LogP contribution is -2.51. The van der Waals surface area contributed by atoms with Gasteiger partial charge in [-0.15, -0.1) is 0 Å². The first-order chi connectivity index (χ1) is 9.63. The number of amides is 1. The van der Waals surface area contributed by atoms with Crippen LogP contribution in [-0.4, -0.2) is 61.0 Å². The molecule has 0 radical (unpaired) electrons. The number of carbonyl (C=O) groups excluding carboxylic acids is 1. The summed E-state index contributed by atoms with van der Waals surface area (Å²) in [6.45, 7) is 10.2. The molecule has 0 aromatic heterocycles. The van der Waals surface area contributed by atoms with Crippen molar-refractivity contribution in [2.24, 2.45) is 5.92 Å². The summed E-state index contributed by atoms with van der Waals surface area (Å²) in [4.78, 5) is 16.6. The molecule has 2 aliphatic rings. The van der Waals surface area contributed by atoms with E-state index in [1.165, 1.54) is 38.6 Å². The van der Waals surface area contributed by atoms with Gasteiger partial charge in [0.25, 0.3) is 0 Å². The molecule has 116 valence electrons. The molecule has 1 amide bonds. The molecule has 0 aromatic carbocycles. The van der Waals surface area contributed by atoms with E-state index < -0.39 is 0 Å². The average molecular weight is 281 g/mol. The van der Waals surface area contributed by atoms with Crippen LogP contribution in [0.4, 0.5) is 0 Å². The molecule has 0 bridgehead atoms. The van der Waals surface area contributed by atoms with Crippen LogP contribution in [0.25, 0.3) is 0 Å². The van der Waals surface area contributed by atoms with Crippen molar-refractivity contribution in [1.29, 1.82) is 0 Å². The van der Waals surface area contributed by atoms with Gasteiger partial charge >= 0.3 is 0 Å². The Balaban J connectivity index is 1.63. The van der Waals surface area contributed by atoms with Crippen LogP contribution in [-0.2, 0) is 4.79 Å². The van der Waals surface area contributed by atoms with Gasteiger partial charge < -0.3 is 10.2 Å². The van der Waals surface area contributed by atoms with Crippen LogP contribution in [0.2, 0.25) is 0 Å². The van der Waals surface area contributed by atoms with Crippen LogP contribution in [0.5, 0.6) is 0 Å². The first-order valence-corrected chi connectivity index (χ1v) is 8.37. The van der Waals surface area contributed by atoms with E-state index in [-0.39, 0.29) is 11.9 Å². The third kappa shape index (κ3) is 5.41. The van der Waals surface area contributed by atoms with E-state index in [0.29, 0.717) is 6.54 Å². The highest BCUT2D eigenvalue weighted by atomic mass is 16.2. The smallest absolute Gasteiger partial charge is 0.234 e. The largest absolute Gasteiger partial charge is 0.353 e. The molecular formula is C16H31N3O. The van der Waals surface area contributed by atoms with Crippen LogP contribution in [0.3, 0.4) is 0 Å². The Hall–Kier alpha value is -0.610. The number of hydrogen-bond donors (Lipinski definition) is 1. The van der Waals surface area contributed by atoms with E-state index in [2.05, 4.69) is 15.1 Å². The molecule has 4 nitrogen and oxygen atoms in total. The van der Waals surface area contributed by atoms with Crippen molar-refractivity contribution in [3.63, 3.8) is 0 Å². The second-order valence-corrected chi connectivity index (χ2v) is 6.80. The van der Waals surface area contributed by atoms with Crippen molar-refractivity contribution in [3.05, 3.63) is 0 Å². The van der Waals surface area contributed by atoms with Gasteiger partial charge in [-0.25, -0.2) is 0 Å². The van der Waals surface area contributed by atoms with Crippen molar-refractivity contribution in [1.82, 2.24) is 15.1 Å². The van der Waals surface area contributed by atoms with Crippen molar-refractivity contribution < 1.29 is 4.79 Å². The number of nitrogens with one attached hydrogen (secondary N) is 1. The van der Waals surface area contributed by atoms with E-state index in [4.69, 9.17) is 0 Å². The minimum absolute atomic E-state index is 0.167. The normalized spacial score (nSPS) is 23.1. The van der Waals surface area contributed by atoms with Gasteiger partial charge in [0.15, 0.2) is 0 Å². The Bertz CT molecular complexity index is 292. The maximum Gasteiger partial charge on any atom is 0.234 e. The Morgan fingerprint density at radius 2 is 1.65 bits per heavy atom. The third-order valence-corrected chi connectivity index (χ3v) is 4.52. The van der Waals surface area contributed by atoms with Gasteiger partial charge in [-0.1, -0.05) is 19.3 Å². The summed E-state index contributed by atoms with van der Waals surface area (Å²) in [6, 6.07) is 0.245. The van der Waals surface area contributed by atoms with Crippen molar-refractivity contribution in [2.45, 2.75) is 52.0 Å². The lowest BCUT2D eigenvalue weighted by molar-refractivity contribution is -0.123. The number of rotatable bonds is 5. The maximum atomic E-state index is 11.8. The summed E-state index contributed by atoms with van der Waals surface area (Å²) < 4.78 is 0. The standard InChI is InChI=1S/C16H31N3O/c1-14(2)17-16(20)13-19-10-8-18(9-11-19)12-15-6-4-3-5-7-15/h14-15H,3-13H2,1-2H3,(H,17,20). The third-order valence-electron chi connectivity index (χ3n) is 4.52. The average Bonchev–Trinajstić information content (AvgIpc) is 2.41. The van der Waals surface area contributed by atoms with Gasteiger partial charge in [0.1, 0.15) is 0 Å². The Morgan fingerprint density at radius 3 is 2.25 bits per heavy atom. The molecule has 0 atom stereocenters. The monoisotopic (exact) mass is 281 g/mol. The summed E-state index contributed by atoms with van der Waals surface area (Å²) in [7, 11) is 0. The number of carbonyl (C=O) groups is 1. The molecule has 2 fully saturated rings. The predicted octanol–water partition coefficient (Wildman–Crippen LogP) is 1.71. The second kappa shape index (κ2) is 7.99. The lowest BCUT2D eigenvalue weighted by Gasteiger charge is -2.37. The summed E-state index contributed by atoms with van der Waals surface area (Å²) >= 11 is 0. The zero-order valence-corrected chi connectivity index (χ0v) is 13.2. The van der Waals surface area contributed by atoms with Crippen LogP contribution in [0.1, 0.15) is 46.0 Å². The quantitative estimate of drug-likeness (QED) is 0.833. The van der Waals surface area contributed by atoms with Gasteiger partial charge in [0.05, 0.1) is 6.54 Å². The minimum atomic E-state index is 0.167. The van der Waals surface area contributed by atoms with Crippen molar-refractivity contribution in [2.75, 3.05) is 39.3 Å². The molecule has 1 N–H and O–H groups in total. The SMILES string of the molecule is CC(C)NC(=O)CN1CCN(CC2CCCCC2)CC1.